The Kier molecular flexibility index (Phi) is 8.59. The zero-order valence-electron chi connectivity index (χ0n) is 17.2. The van der Waals surface area contributed by atoms with E-state index < -0.39 is 0 Å². The van der Waals surface area contributed by atoms with Crippen molar-refractivity contribution in [3.8, 4) is 11.5 Å². The summed E-state index contributed by atoms with van der Waals surface area (Å²) in [5, 5.41) is 3.33. The quantitative estimate of drug-likeness (QED) is 0.528. The van der Waals surface area contributed by atoms with Crippen molar-refractivity contribution in [1.29, 1.82) is 0 Å². The fourth-order valence-electron chi connectivity index (χ4n) is 2.85. The van der Waals surface area contributed by atoms with E-state index in [4.69, 9.17) is 14.5 Å². The topological polar surface area (TPSA) is 46.1 Å². The summed E-state index contributed by atoms with van der Waals surface area (Å²) >= 11 is 0. The first-order valence-electron chi connectivity index (χ1n) is 9.52. The molecule has 1 N–H and O–H groups in total. The van der Waals surface area contributed by atoms with Crippen LogP contribution >= 0.6 is 0 Å². The van der Waals surface area contributed by atoms with Gasteiger partial charge in [-0.15, -0.1) is 0 Å². The number of aliphatic imine (C=N–C) groups is 1. The number of guanidine groups is 1. The first kappa shape index (κ1) is 21.5. The molecule has 5 nitrogen and oxygen atoms in total. The van der Waals surface area contributed by atoms with Gasteiger partial charge in [0.1, 0.15) is 5.82 Å². The Bertz CT molecular complexity index is 763. The Morgan fingerprint density at radius 1 is 1.00 bits per heavy atom. The minimum Gasteiger partial charge on any atom is -0.493 e. The summed E-state index contributed by atoms with van der Waals surface area (Å²) in [6.45, 7) is 4.32. The summed E-state index contributed by atoms with van der Waals surface area (Å²) in [7, 11) is 5.31. The standard InChI is InChI=1S/C22H30FN3O2/c1-5-24-22(25-14-12-17-6-9-19(23)10-7-17)26(2)15-13-18-8-11-20(27-3)21(16-18)28-4/h6-11,16H,5,12-15H2,1-4H3,(H,24,25). The predicted molar refractivity (Wildman–Crippen MR) is 112 cm³/mol. The Morgan fingerprint density at radius 2 is 1.68 bits per heavy atom. The van der Waals surface area contributed by atoms with Gasteiger partial charge in [0.05, 0.1) is 14.2 Å². The number of benzene rings is 2. The van der Waals surface area contributed by atoms with Crippen LogP contribution < -0.4 is 14.8 Å². The van der Waals surface area contributed by atoms with Crippen LogP contribution in [-0.2, 0) is 12.8 Å². The van der Waals surface area contributed by atoms with Crippen LogP contribution in [0.25, 0.3) is 0 Å². The number of methoxy groups -OCH3 is 2. The SMILES string of the molecule is CCNC(=NCCc1ccc(F)cc1)N(C)CCc1ccc(OC)c(OC)c1. The van der Waals surface area contributed by atoms with Crippen LogP contribution in [0.5, 0.6) is 11.5 Å². The zero-order chi connectivity index (χ0) is 20.4. The summed E-state index contributed by atoms with van der Waals surface area (Å²) in [6, 6.07) is 12.6. The number of ether oxygens (including phenoxy) is 2. The first-order chi connectivity index (χ1) is 13.6. The van der Waals surface area contributed by atoms with E-state index in [1.54, 1.807) is 26.4 Å². The van der Waals surface area contributed by atoms with E-state index in [1.807, 2.05) is 25.2 Å². The van der Waals surface area contributed by atoms with Crippen LogP contribution in [0.3, 0.4) is 0 Å². The third-order valence-corrected chi connectivity index (χ3v) is 4.46. The fraction of sp³-hybridized carbons (Fsp3) is 0.409. The van der Waals surface area contributed by atoms with E-state index in [2.05, 4.69) is 17.1 Å². The van der Waals surface area contributed by atoms with Gasteiger partial charge in [0, 0.05) is 26.7 Å². The van der Waals surface area contributed by atoms with E-state index in [0.29, 0.717) is 6.54 Å². The van der Waals surface area contributed by atoms with Crippen molar-refractivity contribution in [2.75, 3.05) is 40.9 Å². The van der Waals surface area contributed by atoms with Gasteiger partial charge < -0.3 is 19.7 Å². The Hall–Kier alpha value is -2.76. The lowest BCUT2D eigenvalue weighted by Gasteiger charge is -2.22. The molecule has 0 saturated carbocycles. The van der Waals surface area contributed by atoms with Gasteiger partial charge in [0.15, 0.2) is 17.5 Å². The molecule has 0 unspecified atom stereocenters. The molecule has 0 aliphatic rings. The second kappa shape index (κ2) is 11.2. The highest BCUT2D eigenvalue weighted by Gasteiger charge is 2.08. The maximum absolute atomic E-state index is 13.0. The number of nitrogens with zero attached hydrogens (tertiary/aromatic N) is 2. The van der Waals surface area contributed by atoms with Crippen molar-refractivity contribution in [3.63, 3.8) is 0 Å². The highest BCUT2D eigenvalue weighted by atomic mass is 19.1. The molecule has 0 fully saturated rings. The van der Waals surface area contributed by atoms with E-state index in [9.17, 15) is 4.39 Å². The molecule has 2 aromatic carbocycles. The summed E-state index contributed by atoms with van der Waals surface area (Å²) < 4.78 is 23.7. The van der Waals surface area contributed by atoms with Crippen LogP contribution in [-0.4, -0.2) is 51.8 Å². The number of rotatable bonds is 9. The van der Waals surface area contributed by atoms with Crippen molar-refractivity contribution in [1.82, 2.24) is 10.2 Å². The van der Waals surface area contributed by atoms with Crippen LogP contribution in [0.4, 0.5) is 4.39 Å². The normalized spacial score (nSPS) is 11.2. The average molecular weight is 387 g/mol. The van der Waals surface area contributed by atoms with Crippen molar-refractivity contribution in [2.24, 2.45) is 4.99 Å². The molecule has 0 radical (unpaired) electrons. The molecule has 0 aliphatic carbocycles. The van der Waals surface area contributed by atoms with Crippen LogP contribution in [0, 0.1) is 5.82 Å². The summed E-state index contributed by atoms with van der Waals surface area (Å²) in [4.78, 5) is 6.81. The van der Waals surface area contributed by atoms with Crippen molar-refractivity contribution in [3.05, 3.63) is 59.4 Å². The van der Waals surface area contributed by atoms with Crippen molar-refractivity contribution < 1.29 is 13.9 Å². The molecular formula is C22H30FN3O2. The Labute approximate surface area is 167 Å². The second-order valence-corrected chi connectivity index (χ2v) is 6.47. The third kappa shape index (κ3) is 6.44. The minimum atomic E-state index is -0.213. The maximum atomic E-state index is 13.0. The lowest BCUT2D eigenvalue weighted by atomic mass is 10.1. The van der Waals surface area contributed by atoms with Gasteiger partial charge in [0.2, 0.25) is 0 Å². The molecule has 0 aliphatic heterocycles. The minimum absolute atomic E-state index is 0.213. The molecule has 2 rings (SSSR count). The van der Waals surface area contributed by atoms with Crippen molar-refractivity contribution >= 4 is 5.96 Å². The van der Waals surface area contributed by atoms with E-state index >= 15 is 0 Å². The Balaban J connectivity index is 1.94. The monoisotopic (exact) mass is 387 g/mol. The largest absolute Gasteiger partial charge is 0.493 e. The third-order valence-electron chi connectivity index (χ3n) is 4.46. The van der Waals surface area contributed by atoms with Gasteiger partial charge >= 0.3 is 0 Å². The van der Waals surface area contributed by atoms with Gasteiger partial charge in [-0.05, 0) is 55.2 Å². The summed E-state index contributed by atoms with van der Waals surface area (Å²) in [5.74, 6) is 2.12. The molecular weight excluding hydrogens is 357 g/mol. The molecule has 0 heterocycles. The molecule has 2 aromatic rings. The number of likely N-dealkylation sites (N-methyl/N-ethyl adjacent to an activating group) is 1. The second-order valence-electron chi connectivity index (χ2n) is 6.47. The number of nitrogens with one attached hydrogen (secondary N) is 1. The molecule has 152 valence electrons. The van der Waals surface area contributed by atoms with Gasteiger partial charge in [-0.1, -0.05) is 18.2 Å². The number of hydrogen-bond acceptors (Lipinski definition) is 3. The van der Waals surface area contributed by atoms with Gasteiger partial charge in [-0.2, -0.15) is 0 Å². The zero-order valence-corrected chi connectivity index (χ0v) is 17.2. The molecule has 0 atom stereocenters. The molecule has 0 spiro atoms. The maximum Gasteiger partial charge on any atom is 0.193 e. The lowest BCUT2D eigenvalue weighted by Crippen LogP contribution is -2.40. The number of halogens is 1. The lowest BCUT2D eigenvalue weighted by molar-refractivity contribution is 0.354. The van der Waals surface area contributed by atoms with Crippen LogP contribution in [0.2, 0.25) is 0 Å². The predicted octanol–water partition coefficient (Wildman–Crippen LogP) is 3.53. The smallest absolute Gasteiger partial charge is 0.193 e. The van der Waals surface area contributed by atoms with Crippen LogP contribution in [0.15, 0.2) is 47.5 Å². The number of hydrogen-bond donors (Lipinski definition) is 1. The molecule has 0 bridgehead atoms. The van der Waals surface area contributed by atoms with Crippen molar-refractivity contribution in [2.45, 2.75) is 19.8 Å². The van der Waals surface area contributed by atoms with E-state index in [1.165, 1.54) is 17.7 Å². The molecule has 0 amide bonds. The summed E-state index contributed by atoms with van der Waals surface area (Å²) in [6.07, 6.45) is 1.64. The van der Waals surface area contributed by atoms with E-state index in [0.717, 1.165) is 49.0 Å². The Morgan fingerprint density at radius 3 is 2.32 bits per heavy atom. The summed E-state index contributed by atoms with van der Waals surface area (Å²) in [5.41, 5.74) is 2.25. The average Bonchev–Trinajstić information content (AvgIpc) is 2.72. The van der Waals surface area contributed by atoms with Gasteiger partial charge in [0.25, 0.3) is 0 Å². The van der Waals surface area contributed by atoms with Gasteiger partial charge in [-0.3, -0.25) is 4.99 Å². The highest BCUT2D eigenvalue weighted by Crippen LogP contribution is 2.27. The highest BCUT2D eigenvalue weighted by molar-refractivity contribution is 5.79. The molecule has 0 aromatic heterocycles. The molecule has 6 heteroatoms. The molecule has 0 saturated heterocycles. The van der Waals surface area contributed by atoms with Gasteiger partial charge in [-0.25, -0.2) is 4.39 Å². The molecule has 28 heavy (non-hydrogen) atoms. The fourth-order valence-corrected chi connectivity index (χ4v) is 2.85. The first-order valence-corrected chi connectivity index (χ1v) is 9.52. The van der Waals surface area contributed by atoms with Crippen LogP contribution in [0.1, 0.15) is 18.1 Å². The van der Waals surface area contributed by atoms with E-state index in [-0.39, 0.29) is 5.82 Å².